The van der Waals surface area contributed by atoms with Gasteiger partial charge in [-0.15, -0.1) is 23.5 Å². The van der Waals surface area contributed by atoms with Crippen molar-refractivity contribution < 1.29 is 275 Å². The van der Waals surface area contributed by atoms with E-state index in [9.17, 15) is 121 Å². The third kappa shape index (κ3) is 32.8. The summed E-state index contributed by atoms with van der Waals surface area (Å²) in [5, 5.41) is 203. The van der Waals surface area contributed by atoms with Gasteiger partial charge < -0.3 is 221 Å². The van der Waals surface area contributed by atoms with Gasteiger partial charge in [0.2, 0.25) is 17.7 Å². The molecule has 8 heterocycles. The Kier molecular flexibility index (Phi) is 48.8. The first kappa shape index (κ1) is 132. The number of hydrogen-bond acceptors (Lipinski definition) is 47. The van der Waals surface area contributed by atoms with Crippen molar-refractivity contribution in [3.63, 3.8) is 0 Å². The molecule has 10 aliphatic rings. The van der Waals surface area contributed by atoms with Crippen LogP contribution in [0, 0.1) is 0 Å². The third-order valence-electron chi connectivity index (χ3n) is 24.5. The Balaban J connectivity index is 0.000000336. The molecule has 3 aromatic carbocycles. The summed E-state index contributed by atoms with van der Waals surface area (Å²) in [5.41, 5.74) is 40.6. The van der Waals surface area contributed by atoms with Gasteiger partial charge in [0.1, 0.15) is 162 Å². The summed E-state index contributed by atoms with van der Waals surface area (Å²) in [5.74, 6) is -5.54. The molecule has 4 amide bonds. The molecule has 149 heavy (non-hydrogen) atoms. The summed E-state index contributed by atoms with van der Waals surface area (Å²) in [6.45, 7) is 8.90. The average molecular weight is 2250 g/mol. The van der Waals surface area contributed by atoms with Crippen LogP contribution in [0.2, 0.25) is 0 Å². The van der Waals surface area contributed by atoms with Gasteiger partial charge in [-0.2, -0.15) is 25.3 Å². The minimum absolute atomic E-state index is 0. The minimum atomic E-state index is -4.67. The third-order valence-corrected chi connectivity index (χ3v) is 27.7. The molecule has 834 valence electrons. The van der Waals surface area contributed by atoms with E-state index in [1.54, 1.807) is 33.8 Å². The number of nitrogens with two attached hydrogens (primary N) is 8. The van der Waals surface area contributed by atoms with Gasteiger partial charge >= 0.3 is 90.3 Å². The Morgan fingerprint density at radius 3 is 1.14 bits per heavy atom. The number of β-lactam (4-membered cyclic amide) rings is 2. The van der Waals surface area contributed by atoms with Gasteiger partial charge in [-0.3, -0.25) is 46.5 Å². The number of carbonyl (C=O) groups is 6. The molecule has 0 spiro atoms. The van der Waals surface area contributed by atoms with Crippen LogP contribution in [-0.4, -0.2) is 478 Å². The molecule has 8 saturated heterocycles. The standard InChI is InChI=1S/2C21H41N7O12.C21H22N2O5S.C16H18N2O4S.2Na.3H2O4S/c2*1-5-21(36,4-30)16(40-17-9(26-2)13(34)10(31)6(3-29)38-17)18(37-5)39-15-8(28-20(24)25)11(32)7(27-19(22)23)12(33)14(15)35;1-4-28-13-10-9-11-7-5-6-8-12(11)14(13)17(24)22-15-18(25)23-16(20(26)27)21(2,3)29-19(15)23;1-16(2)12(15(21)22)18-13(20)11(14(18)23-16)17-10(19)8-9-6-4-3-5-7-9;;;3*1-5(2,3)4/h2*5-18,26,29-36H,3-4H2,1-2H3,(H4,22,23,27)(H4,24,25,28);5-10,15-16,19H,4H2,1-3H3,(H,22,24)(H,26,27);3-7,11-12,14H,8H2,1-2H3,(H,17,19)(H,21,22);;;3*(H2,1,2,3,4)/q;;;;2*+1;;;/p-2/t2*5-,6-,7+,8+,9-,10-,11+,12-,13-,14+,15+,16-,17+,18-,21+;15-,16+,19-;11-,12-,14-;;;;;/m0011...../s1. The van der Waals surface area contributed by atoms with Crippen LogP contribution in [-0.2, 0) is 99.5 Å². The molecular formula is C79H126N18Na2O45S5. The predicted octanol–water partition coefficient (Wildman–Crippen LogP) is -24.0. The number of benzene rings is 3. The molecule has 10 fully saturated rings. The van der Waals surface area contributed by atoms with Gasteiger partial charge in [-0.25, -0.2) is 20.0 Å². The molecule has 2 aliphatic carbocycles. The van der Waals surface area contributed by atoms with E-state index < -0.39 is 327 Å². The predicted molar refractivity (Wildman–Crippen MR) is 501 cm³/mol. The molecular weight excluding hydrogens is 2130 g/mol. The maximum Gasteiger partial charge on any atom is 1.00 e. The number of aliphatic imine (C=N–C) groups is 4. The van der Waals surface area contributed by atoms with Gasteiger partial charge in [0.05, 0.1) is 93.3 Å². The molecule has 42 N–H and O–H groups in total. The van der Waals surface area contributed by atoms with Crippen LogP contribution >= 0.6 is 23.5 Å². The van der Waals surface area contributed by atoms with E-state index in [2.05, 4.69) is 41.2 Å². The Morgan fingerprint density at radius 2 is 0.812 bits per heavy atom. The van der Waals surface area contributed by atoms with Gasteiger partial charge in [-0.1, -0.05) is 60.7 Å². The summed E-state index contributed by atoms with van der Waals surface area (Å²) in [6.07, 6.45) is -33.7. The van der Waals surface area contributed by atoms with Crippen molar-refractivity contribution in [1.29, 1.82) is 0 Å². The number of aliphatic carboxylic acids is 2. The van der Waals surface area contributed by atoms with Crippen molar-refractivity contribution in [2.75, 3.05) is 47.1 Å². The van der Waals surface area contributed by atoms with E-state index in [1.807, 2.05) is 67.6 Å². The van der Waals surface area contributed by atoms with E-state index in [0.717, 1.165) is 16.3 Å². The number of thioether (sulfide) groups is 2. The van der Waals surface area contributed by atoms with E-state index in [1.165, 1.54) is 61.3 Å². The second kappa shape index (κ2) is 55.0. The van der Waals surface area contributed by atoms with Crippen LogP contribution in [0.4, 0.5) is 0 Å². The van der Waals surface area contributed by atoms with Crippen molar-refractivity contribution >= 4 is 125 Å². The first-order chi connectivity index (χ1) is 68.0. The number of fused-ring (bicyclic) bond motifs is 3. The van der Waals surface area contributed by atoms with Crippen molar-refractivity contribution in [2.24, 2.45) is 65.8 Å². The van der Waals surface area contributed by atoms with Crippen molar-refractivity contribution in [3.8, 4) is 5.75 Å². The SMILES string of the molecule is CC1(C)S[C@@H]2[C@H](NC(=O)Cc3ccccc3)C(=O)N2[C@@H]1C(=O)[O-].CCOc1ccc2ccccc2c1C(=O)N[C@@H]1C(=O)N2[C@@H]1SC(C)(C)[C@@H]2C(=O)[O-].CN[C@@H]1[C@@H](O[C@H]2[C@H](O[C@H]3[C@H](O)[C@@H](O)[C@H](N=C(N)N)[C@@H](O)[C@H]3N=C(N)N)O[C@@H](C)[C@]2(O)CO)O[C@@H](CO)[C@H](O)[C@H]1O.CN[C@@H]1[C@@H](O[C@H]2[C@H](O[C@H]3[C@H](O)[C@@H](O)[C@H](N=C(N)N)[C@@H](O)[C@H]3N=C(N)N)O[C@@H](C)[C@]2(O)CO)O[C@@H](CO)[C@H](O)[C@H]1O.O=S(=O)(O)O.O=S(=O)(O)O.O=S(=O)(O)O.[Na+].[Na+]. The molecule has 2 saturated carbocycles. The van der Waals surface area contributed by atoms with E-state index in [-0.39, 0.29) is 82.7 Å². The van der Waals surface area contributed by atoms with Gasteiger partial charge in [-0.05, 0) is 85.0 Å². The van der Waals surface area contributed by atoms with E-state index in [0.29, 0.717) is 17.9 Å². The Hall–Kier alpha value is -7.11. The average Bonchev–Trinajstić information content (AvgIpc) is 1.56. The summed E-state index contributed by atoms with van der Waals surface area (Å²) in [4.78, 5) is 91.0. The van der Waals surface area contributed by atoms with E-state index >= 15 is 0 Å². The van der Waals surface area contributed by atoms with Crippen LogP contribution in [0.25, 0.3) is 10.8 Å². The molecule has 63 nitrogen and oxygen atoms in total. The number of aliphatic hydroxyl groups is 16. The Morgan fingerprint density at radius 1 is 0.470 bits per heavy atom. The van der Waals surface area contributed by atoms with Gasteiger partial charge in [0.15, 0.2) is 49.0 Å². The zero-order valence-electron chi connectivity index (χ0n) is 81.3. The maximum absolute atomic E-state index is 13.2. The second-order valence-corrected chi connectivity index (χ2v) is 41.6. The number of nitrogens with one attached hydrogen (secondary N) is 4. The number of hydrogen-bond donors (Lipinski definition) is 34. The molecule has 0 bridgehead atoms. The largest absolute Gasteiger partial charge is 1.00 e. The van der Waals surface area contributed by atoms with Crippen molar-refractivity contribution in [3.05, 3.63) is 77.9 Å². The van der Waals surface area contributed by atoms with Crippen LogP contribution in [0.5, 0.6) is 5.75 Å². The van der Waals surface area contributed by atoms with Gasteiger partial charge in [0, 0.05) is 9.49 Å². The number of amides is 4. The number of nitrogens with zero attached hydrogens (tertiary/aromatic N) is 6. The molecule has 0 aromatic heterocycles. The quantitative estimate of drug-likeness (QED) is 0.0111. The van der Waals surface area contributed by atoms with Crippen LogP contribution in [0.1, 0.15) is 64.4 Å². The molecule has 13 rings (SSSR count). The smallest absolute Gasteiger partial charge is 0.548 e. The minimum Gasteiger partial charge on any atom is -0.548 e. The zero-order valence-corrected chi connectivity index (χ0v) is 89.4. The fraction of sp³-hybridized carbons (Fsp3) is 0.671. The monoisotopic (exact) mass is 2250 g/mol. The van der Waals surface area contributed by atoms with Crippen molar-refractivity contribution in [1.82, 2.24) is 31.1 Å². The summed E-state index contributed by atoms with van der Waals surface area (Å²) in [7, 11) is -11.1. The number of aliphatic hydroxyl groups excluding tert-OH is 14. The van der Waals surface area contributed by atoms with Crippen LogP contribution in [0.15, 0.2) is 86.7 Å². The summed E-state index contributed by atoms with van der Waals surface area (Å²) >= 11 is 2.74. The number of carboxylic acids is 2. The van der Waals surface area contributed by atoms with Crippen molar-refractivity contribution in [2.45, 2.75) is 282 Å². The second-order valence-electron chi connectivity index (χ2n) is 35.3. The molecule has 70 heteroatoms. The molecule has 0 radical (unpaired) electrons. The number of carbonyl (C=O) groups excluding carboxylic acids is 6. The summed E-state index contributed by atoms with van der Waals surface area (Å²) < 4.78 is 145. The first-order valence-electron chi connectivity index (χ1n) is 43.9. The number of likely N-dealkylation sites (N-methyl/N-ethyl adjacent to an activating group) is 2. The summed E-state index contributed by atoms with van der Waals surface area (Å²) in [6, 6.07) is 8.88. The number of carboxylic acid groups (broad SMARTS) is 2. The Labute approximate surface area is 902 Å². The number of guanidine groups is 4. The fourth-order valence-electron chi connectivity index (χ4n) is 17.6. The molecule has 0 unspecified atom stereocenters. The fourth-order valence-corrected chi connectivity index (χ4v) is 20.8. The Bertz CT molecular complexity index is 5240. The number of ether oxygens (including phenoxy) is 9. The maximum atomic E-state index is 13.2. The molecule has 8 aliphatic heterocycles. The molecule has 3 aromatic rings. The van der Waals surface area contributed by atoms with Crippen LogP contribution < -0.4 is 141 Å². The molecule has 36 atom stereocenters. The topological polar surface area (TPSA) is 1090 Å². The first-order valence-corrected chi connectivity index (χ1v) is 49.9. The normalized spacial score (nSPS) is 35.8. The zero-order chi connectivity index (χ0) is 111. The van der Waals surface area contributed by atoms with Crippen LogP contribution in [0.3, 0.4) is 0 Å². The van der Waals surface area contributed by atoms with E-state index in [4.69, 9.17) is 141 Å². The van der Waals surface area contributed by atoms with Gasteiger partial charge in [0.25, 0.3) is 5.91 Å². The number of rotatable bonds is 27.